The van der Waals surface area contributed by atoms with Crippen LogP contribution in [0.25, 0.3) is 0 Å². The van der Waals surface area contributed by atoms with Crippen LogP contribution in [0.15, 0.2) is 36.5 Å². The first-order valence-corrected chi connectivity index (χ1v) is 8.70. The highest BCUT2D eigenvalue weighted by molar-refractivity contribution is 5.70. The molecule has 0 unspecified atom stereocenters. The number of ether oxygens (including phenoxy) is 1. The first-order valence-electron chi connectivity index (χ1n) is 8.70. The fourth-order valence-electron chi connectivity index (χ4n) is 2.31. The van der Waals surface area contributed by atoms with Crippen LogP contribution >= 0.6 is 0 Å². The molecular weight excluding hydrogens is 304 g/mol. The minimum Gasteiger partial charge on any atom is -0.458 e. The van der Waals surface area contributed by atoms with E-state index in [1.165, 1.54) is 0 Å². The third-order valence-electron chi connectivity index (χ3n) is 3.73. The Hall–Kier alpha value is -1.83. The molecular formula is C20H28O4. The molecule has 0 aromatic carbocycles. The molecule has 132 valence electrons. The summed E-state index contributed by atoms with van der Waals surface area (Å²) in [5.74, 6) is 5.52. The maximum absolute atomic E-state index is 11.1. The summed E-state index contributed by atoms with van der Waals surface area (Å²) in [5.41, 5.74) is 0. The summed E-state index contributed by atoms with van der Waals surface area (Å²) >= 11 is 0. The van der Waals surface area contributed by atoms with Crippen molar-refractivity contribution in [1.29, 1.82) is 0 Å². The number of cyclic esters (lactones) is 1. The zero-order valence-electron chi connectivity index (χ0n) is 14.4. The molecule has 1 aliphatic heterocycles. The molecule has 0 radical (unpaired) electrons. The minimum atomic E-state index is -0.847. The molecule has 0 bridgehead atoms. The molecule has 1 rings (SSSR count). The standard InChI is InChI=1S/C20H28O4/c1-2-3-8-14-18(21)19(22)15-10-7-5-4-6-9-12-17-13-11-16-20(23)24-17/h5,7,9-10,12,15,17-19,21-22H,2-3,8,11,13-14,16H2,1H3/b7-5+,12-9+,15-10+/t17-,18+,19-/m1/s1. The second kappa shape index (κ2) is 12.6. The van der Waals surface area contributed by atoms with Crippen molar-refractivity contribution in [3.05, 3.63) is 36.5 Å². The lowest BCUT2D eigenvalue weighted by Crippen LogP contribution is -2.23. The number of carbonyl (C=O) groups excluding carboxylic acids is 1. The average Bonchev–Trinajstić information content (AvgIpc) is 2.57. The van der Waals surface area contributed by atoms with Crippen LogP contribution in [0.1, 0.15) is 51.9 Å². The number of carbonyl (C=O) groups is 1. The zero-order valence-corrected chi connectivity index (χ0v) is 14.4. The van der Waals surface area contributed by atoms with Gasteiger partial charge in [-0.15, -0.1) is 0 Å². The van der Waals surface area contributed by atoms with Crippen LogP contribution in [0.2, 0.25) is 0 Å². The molecule has 24 heavy (non-hydrogen) atoms. The summed E-state index contributed by atoms with van der Waals surface area (Å²) in [7, 11) is 0. The predicted molar refractivity (Wildman–Crippen MR) is 95.1 cm³/mol. The van der Waals surface area contributed by atoms with Crippen molar-refractivity contribution in [2.24, 2.45) is 0 Å². The van der Waals surface area contributed by atoms with E-state index in [2.05, 4.69) is 18.8 Å². The van der Waals surface area contributed by atoms with Gasteiger partial charge in [-0.05, 0) is 37.5 Å². The monoisotopic (exact) mass is 332 g/mol. The number of allylic oxidation sites excluding steroid dienone is 4. The van der Waals surface area contributed by atoms with Crippen LogP contribution in [0, 0.1) is 11.8 Å². The van der Waals surface area contributed by atoms with Gasteiger partial charge < -0.3 is 14.9 Å². The Kier molecular flexibility index (Phi) is 10.6. The Morgan fingerprint density at radius 1 is 1.25 bits per heavy atom. The molecule has 0 aromatic rings. The van der Waals surface area contributed by atoms with Crippen LogP contribution in [-0.4, -0.2) is 34.5 Å². The number of aliphatic hydroxyl groups is 2. The SMILES string of the molecule is CCCCC[C@H](O)[C@H](O)/C=C/C=C/C#C/C=C/[C@@H]1CCCC(=O)O1. The quantitative estimate of drug-likeness (QED) is 0.310. The van der Waals surface area contributed by atoms with Crippen molar-refractivity contribution in [2.75, 3.05) is 0 Å². The van der Waals surface area contributed by atoms with E-state index in [-0.39, 0.29) is 12.1 Å². The predicted octanol–water partition coefficient (Wildman–Crippen LogP) is 3.06. The highest BCUT2D eigenvalue weighted by atomic mass is 16.5. The van der Waals surface area contributed by atoms with E-state index in [1.54, 1.807) is 36.5 Å². The molecule has 3 atom stereocenters. The van der Waals surface area contributed by atoms with Gasteiger partial charge in [0.15, 0.2) is 0 Å². The van der Waals surface area contributed by atoms with Crippen molar-refractivity contribution in [2.45, 2.75) is 70.2 Å². The third-order valence-corrected chi connectivity index (χ3v) is 3.73. The summed E-state index contributed by atoms with van der Waals surface area (Å²) < 4.78 is 5.14. The van der Waals surface area contributed by atoms with E-state index >= 15 is 0 Å². The van der Waals surface area contributed by atoms with Gasteiger partial charge in [0.1, 0.15) is 6.10 Å². The Morgan fingerprint density at radius 3 is 2.79 bits per heavy atom. The molecule has 1 aliphatic rings. The van der Waals surface area contributed by atoms with Crippen LogP contribution in [-0.2, 0) is 9.53 Å². The highest BCUT2D eigenvalue weighted by Gasteiger charge is 2.17. The van der Waals surface area contributed by atoms with E-state index in [1.807, 2.05) is 0 Å². The molecule has 1 saturated heterocycles. The zero-order chi connectivity index (χ0) is 17.6. The molecule has 0 aliphatic carbocycles. The molecule has 1 fully saturated rings. The normalized spacial score (nSPS) is 21.0. The second-order valence-corrected chi connectivity index (χ2v) is 5.87. The van der Waals surface area contributed by atoms with E-state index in [4.69, 9.17) is 4.74 Å². The lowest BCUT2D eigenvalue weighted by Gasteiger charge is -2.18. The van der Waals surface area contributed by atoms with E-state index < -0.39 is 12.2 Å². The molecule has 4 heteroatoms. The third kappa shape index (κ3) is 9.34. The van der Waals surface area contributed by atoms with Crippen molar-refractivity contribution >= 4 is 5.97 Å². The number of hydrogen-bond acceptors (Lipinski definition) is 4. The van der Waals surface area contributed by atoms with Crippen LogP contribution in [0.5, 0.6) is 0 Å². The van der Waals surface area contributed by atoms with Gasteiger partial charge in [0.25, 0.3) is 0 Å². The summed E-state index contributed by atoms with van der Waals surface area (Å²) in [5, 5.41) is 19.5. The van der Waals surface area contributed by atoms with Gasteiger partial charge in [-0.3, -0.25) is 4.79 Å². The van der Waals surface area contributed by atoms with E-state index in [9.17, 15) is 15.0 Å². The van der Waals surface area contributed by atoms with E-state index in [0.29, 0.717) is 12.8 Å². The fourth-order valence-corrected chi connectivity index (χ4v) is 2.31. The highest BCUT2D eigenvalue weighted by Crippen LogP contribution is 2.14. The number of aliphatic hydroxyl groups excluding tert-OH is 2. The van der Waals surface area contributed by atoms with Crippen LogP contribution < -0.4 is 0 Å². The molecule has 0 aromatic heterocycles. The van der Waals surface area contributed by atoms with Gasteiger partial charge in [-0.1, -0.05) is 56.3 Å². The van der Waals surface area contributed by atoms with Crippen LogP contribution in [0.4, 0.5) is 0 Å². The summed E-state index contributed by atoms with van der Waals surface area (Å²) in [6, 6.07) is 0. The lowest BCUT2D eigenvalue weighted by molar-refractivity contribution is -0.150. The first-order chi connectivity index (χ1) is 11.6. The van der Waals surface area contributed by atoms with Gasteiger partial charge in [0.2, 0.25) is 0 Å². The van der Waals surface area contributed by atoms with Gasteiger partial charge in [0, 0.05) is 6.42 Å². The number of hydrogen-bond donors (Lipinski definition) is 2. The largest absolute Gasteiger partial charge is 0.458 e. The number of unbranched alkanes of at least 4 members (excludes halogenated alkanes) is 2. The maximum atomic E-state index is 11.1. The Labute approximate surface area is 144 Å². The van der Waals surface area contributed by atoms with Crippen molar-refractivity contribution in [3.8, 4) is 11.8 Å². The summed E-state index contributed by atoms with van der Waals surface area (Å²) in [4.78, 5) is 11.1. The van der Waals surface area contributed by atoms with Gasteiger partial charge >= 0.3 is 5.97 Å². The molecule has 0 saturated carbocycles. The first kappa shape index (κ1) is 20.2. The molecule has 1 heterocycles. The summed E-state index contributed by atoms with van der Waals surface area (Å²) in [6.07, 6.45) is 14.3. The average molecular weight is 332 g/mol. The molecule has 0 spiro atoms. The molecule has 4 nitrogen and oxygen atoms in total. The van der Waals surface area contributed by atoms with Crippen molar-refractivity contribution in [3.63, 3.8) is 0 Å². The number of esters is 1. The number of rotatable bonds is 8. The maximum Gasteiger partial charge on any atom is 0.306 e. The Balaban J connectivity index is 2.25. The lowest BCUT2D eigenvalue weighted by atomic mass is 10.1. The van der Waals surface area contributed by atoms with Gasteiger partial charge in [-0.2, -0.15) is 0 Å². The Morgan fingerprint density at radius 2 is 2.04 bits per heavy atom. The summed E-state index contributed by atoms with van der Waals surface area (Å²) in [6.45, 7) is 2.10. The smallest absolute Gasteiger partial charge is 0.306 e. The molecule has 2 N–H and O–H groups in total. The van der Waals surface area contributed by atoms with Crippen LogP contribution in [0.3, 0.4) is 0 Å². The Bertz CT molecular complexity index is 507. The van der Waals surface area contributed by atoms with Gasteiger partial charge in [0.05, 0.1) is 12.2 Å². The van der Waals surface area contributed by atoms with Gasteiger partial charge in [-0.25, -0.2) is 0 Å². The van der Waals surface area contributed by atoms with E-state index in [0.717, 1.165) is 32.1 Å². The fraction of sp³-hybridized carbons (Fsp3) is 0.550. The minimum absolute atomic E-state index is 0.149. The molecule has 0 amide bonds. The second-order valence-electron chi connectivity index (χ2n) is 5.87. The van der Waals surface area contributed by atoms with Crippen molar-refractivity contribution in [1.82, 2.24) is 0 Å². The topological polar surface area (TPSA) is 66.8 Å². The van der Waals surface area contributed by atoms with Crippen molar-refractivity contribution < 1.29 is 19.7 Å².